The fourth-order valence-corrected chi connectivity index (χ4v) is 2.94. The Morgan fingerprint density at radius 2 is 2.00 bits per heavy atom. The third kappa shape index (κ3) is 3.83. The number of hydrogen-bond acceptors (Lipinski definition) is 3. The van der Waals surface area contributed by atoms with E-state index in [0.29, 0.717) is 12.6 Å². The lowest BCUT2D eigenvalue weighted by molar-refractivity contribution is -0.137. The molecule has 2 aliphatic rings. The highest BCUT2D eigenvalue weighted by atomic mass is 35.5. The maximum absolute atomic E-state index is 12.2. The lowest BCUT2D eigenvalue weighted by atomic mass is 9.99. The van der Waals surface area contributed by atoms with Crippen molar-refractivity contribution in [2.45, 2.75) is 57.7 Å². The van der Waals surface area contributed by atoms with Gasteiger partial charge in [-0.05, 0) is 39.2 Å². The number of halogens is 1. The van der Waals surface area contributed by atoms with Gasteiger partial charge in [-0.25, -0.2) is 0 Å². The molecule has 19 heavy (non-hydrogen) atoms. The first kappa shape index (κ1) is 16.2. The van der Waals surface area contributed by atoms with Gasteiger partial charge < -0.3 is 15.5 Å². The van der Waals surface area contributed by atoms with Crippen molar-refractivity contribution in [2.24, 2.45) is 0 Å². The highest BCUT2D eigenvalue weighted by Crippen LogP contribution is 2.18. The molecule has 0 spiro atoms. The van der Waals surface area contributed by atoms with Crippen molar-refractivity contribution in [3.63, 3.8) is 0 Å². The van der Waals surface area contributed by atoms with E-state index in [4.69, 9.17) is 0 Å². The number of piperidine rings is 1. The molecule has 0 aromatic heterocycles. The average molecular weight is 290 g/mol. The van der Waals surface area contributed by atoms with Crippen LogP contribution in [0.5, 0.6) is 0 Å². The van der Waals surface area contributed by atoms with Gasteiger partial charge in [0.05, 0.1) is 0 Å². The first-order valence-corrected chi connectivity index (χ1v) is 6.90. The highest BCUT2D eigenvalue weighted by Gasteiger charge is 2.34. The van der Waals surface area contributed by atoms with Crippen molar-refractivity contribution < 1.29 is 9.59 Å². The Morgan fingerprint density at radius 1 is 1.26 bits per heavy atom. The lowest BCUT2D eigenvalue weighted by Gasteiger charge is -2.32. The van der Waals surface area contributed by atoms with Crippen molar-refractivity contribution in [1.82, 2.24) is 15.5 Å². The molecule has 2 amide bonds. The number of likely N-dealkylation sites (tertiary alicyclic amines) is 1. The molecule has 3 atom stereocenters. The number of hydrogen-bond donors (Lipinski definition) is 2. The fraction of sp³-hybridized carbons (Fsp3) is 0.846. The third-order valence-corrected chi connectivity index (χ3v) is 4.05. The molecule has 2 aliphatic heterocycles. The van der Waals surface area contributed by atoms with Crippen LogP contribution in [0.2, 0.25) is 0 Å². The van der Waals surface area contributed by atoms with Crippen molar-refractivity contribution in [3.05, 3.63) is 0 Å². The maximum Gasteiger partial charge on any atom is 0.243 e. The number of carbonyl (C=O) groups excluding carboxylic acids is 2. The lowest BCUT2D eigenvalue weighted by Crippen LogP contribution is -2.55. The number of nitrogens with zero attached hydrogens (tertiary/aromatic N) is 1. The number of amides is 2. The van der Waals surface area contributed by atoms with Crippen LogP contribution in [-0.4, -0.2) is 47.9 Å². The summed E-state index contributed by atoms with van der Waals surface area (Å²) in [6.45, 7) is 5.38. The van der Waals surface area contributed by atoms with Crippen LogP contribution >= 0.6 is 12.4 Å². The molecule has 0 aromatic carbocycles. The van der Waals surface area contributed by atoms with Gasteiger partial charge in [-0.2, -0.15) is 0 Å². The highest BCUT2D eigenvalue weighted by molar-refractivity contribution is 5.87. The smallest absolute Gasteiger partial charge is 0.243 e. The summed E-state index contributed by atoms with van der Waals surface area (Å²) in [5, 5.41) is 6.47. The van der Waals surface area contributed by atoms with Gasteiger partial charge in [0, 0.05) is 25.6 Å². The largest absolute Gasteiger partial charge is 0.350 e. The Labute approximate surface area is 120 Å². The molecule has 2 rings (SSSR count). The van der Waals surface area contributed by atoms with Crippen molar-refractivity contribution in [3.8, 4) is 0 Å². The van der Waals surface area contributed by atoms with E-state index in [2.05, 4.69) is 17.6 Å². The number of nitrogens with one attached hydrogen (secondary N) is 2. The Morgan fingerprint density at radius 3 is 2.63 bits per heavy atom. The first-order valence-electron chi connectivity index (χ1n) is 6.90. The second-order valence-electron chi connectivity index (χ2n) is 5.37. The molecule has 2 N–H and O–H groups in total. The molecular weight excluding hydrogens is 266 g/mol. The van der Waals surface area contributed by atoms with Gasteiger partial charge in [0.1, 0.15) is 6.04 Å². The summed E-state index contributed by atoms with van der Waals surface area (Å²) in [4.78, 5) is 25.4. The van der Waals surface area contributed by atoms with E-state index < -0.39 is 0 Å². The quantitative estimate of drug-likeness (QED) is 0.786. The van der Waals surface area contributed by atoms with E-state index in [1.54, 1.807) is 4.90 Å². The van der Waals surface area contributed by atoms with E-state index in [-0.39, 0.29) is 36.3 Å². The molecule has 0 saturated carbocycles. The van der Waals surface area contributed by atoms with Gasteiger partial charge >= 0.3 is 0 Å². The zero-order chi connectivity index (χ0) is 13.1. The van der Waals surface area contributed by atoms with Gasteiger partial charge in [0.25, 0.3) is 0 Å². The molecule has 2 fully saturated rings. The molecule has 6 heteroatoms. The molecule has 2 saturated heterocycles. The second-order valence-corrected chi connectivity index (χ2v) is 5.37. The minimum atomic E-state index is -0.253. The average Bonchev–Trinajstić information content (AvgIpc) is 2.81. The molecule has 0 bridgehead atoms. The van der Waals surface area contributed by atoms with E-state index >= 15 is 0 Å². The predicted molar refractivity (Wildman–Crippen MR) is 76.3 cm³/mol. The minimum Gasteiger partial charge on any atom is -0.350 e. The van der Waals surface area contributed by atoms with Crippen LogP contribution in [0.3, 0.4) is 0 Å². The Kier molecular flexibility index (Phi) is 6.07. The Hall–Kier alpha value is -0.810. The summed E-state index contributed by atoms with van der Waals surface area (Å²) in [5.74, 6) is 0.0192. The molecular formula is C13H24ClN3O2. The molecule has 2 heterocycles. The summed E-state index contributed by atoms with van der Waals surface area (Å²) < 4.78 is 0. The van der Waals surface area contributed by atoms with Crippen molar-refractivity contribution >= 4 is 24.2 Å². The third-order valence-electron chi connectivity index (χ3n) is 4.05. The van der Waals surface area contributed by atoms with Crippen LogP contribution in [-0.2, 0) is 9.59 Å². The van der Waals surface area contributed by atoms with Crippen LogP contribution in [0.1, 0.15) is 39.5 Å². The number of carbonyl (C=O) groups is 2. The van der Waals surface area contributed by atoms with Gasteiger partial charge in [-0.1, -0.05) is 0 Å². The molecule has 0 radical (unpaired) electrons. The predicted octanol–water partition coefficient (Wildman–Crippen LogP) is 0.676. The molecule has 5 nitrogen and oxygen atoms in total. The SMILES string of the molecule is CC(=O)N1CCCC1C(=O)NC1CCCNC1C.Cl. The molecule has 3 unspecified atom stereocenters. The molecule has 110 valence electrons. The standard InChI is InChI=1S/C13H23N3O2.ClH/c1-9-11(5-3-7-14-9)15-13(18)12-6-4-8-16(12)10(2)17;/h9,11-12,14H,3-8H2,1-2H3,(H,15,18);1H. The summed E-state index contributed by atoms with van der Waals surface area (Å²) in [6.07, 6.45) is 3.83. The van der Waals surface area contributed by atoms with E-state index in [1.807, 2.05) is 0 Å². The van der Waals surface area contributed by atoms with Gasteiger partial charge in [0.15, 0.2) is 0 Å². The minimum absolute atomic E-state index is 0. The summed E-state index contributed by atoms with van der Waals surface area (Å²) in [7, 11) is 0. The van der Waals surface area contributed by atoms with Crippen LogP contribution in [0.25, 0.3) is 0 Å². The van der Waals surface area contributed by atoms with Gasteiger partial charge in [0.2, 0.25) is 11.8 Å². The second kappa shape index (κ2) is 7.10. The summed E-state index contributed by atoms with van der Waals surface area (Å²) >= 11 is 0. The zero-order valence-electron chi connectivity index (χ0n) is 11.6. The van der Waals surface area contributed by atoms with Crippen LogP contribution in [0.4, 0.5) is 0 Å². The normalized spacial score (nSPS) is 30.6. The monoisotopic (exact) mass is 289 g/mol. The summed E-state index contributed by atoms with van der Waals surface area (Å²) in [6, 6.07) is 0.257. The fourth-order valence-electron chi connectivity index (χ4n) is 2.94. The van der Waals surface area contributed by atoms with E-state index in [9.17, 15) is 9.59 Å². The van der Waals surface area contributed by atoms with E-state index in [1.165, 1.54) is 6.92 Å². The van der Waals surface area contributed by atoms with Gasteiger partial charge in [-0.3, -0.25) is 9.59 Å². The van der Waals surface area contributed by atoms with Crippen molar-refractivity contribution in [2.75, 3.05) is 13.1 Å². The maximum atomic E-state index is 12.2. The summed E-state index contributed by atoms with van der Waals surface area (Å²) in [5.41, 5.74) is 0. The Balaban J connectivity index is 0.00000180. The molecule has 0 aliphatic carbocycles. The first-order chi connectivity index (χ1) is 8.59. The van der Waals surface area contributed by atoms with Crippen LogP contribution < -0.4 is 10.6 Å². The number of rotatable bonds is 2. The topological polar surface area (TPSA) is 61.4 Å². The Bertz CT molecular complexity index is 338. The van der Waals surface area contributed by atoms with E-state index in [0.717, 1.165) is 32.2 Å². The van der Waals surface area contributed by atoms with Crippen LogP contribution in [0.15, 0.2) is 0 Å². The zero-order valence-corrected chi connectivity index (χ0v) is 12.5. The van der Waals surface area contributed by atoms with Crippen LogP contribution in [0, 0.1) is 0 Å². The van der Waals surface area contributed by atoms with Crippen molar-refractivity contribution in [1.29, 1.82) is 0 Å². The molecule has 0 aromatic rings. The van der Waals surface area contributed by atoms with Gasteiger partial charge in [-0.15, -0.1) is 12.4 Å².